The number of benzene rings is 1. The van der Waals surface area contributed by atoms with Gasteiger partial charge in [0.2, 0.25) is 10.0 Å². The summed E-state index contributed by atoms with van der Waals surface area (Å²) < 4.78 is 33.8. The molecule has 3 heterocycles. The second kappa shape index (κ2) is 8.03. The van der Waals surface area contributed by atoms with Crippen LogP contribution in [0.25, 0.3) is 0 Å². The molecule has 1 N–H and O–H groups in total. The second-order valence-electron chi connectivity index (χ2n) is 8.86. The summed E-state index contributed by atoms with van der Waals surface area (Å²) in [6.45, 7) is 6.37. The molecule has 7 heteroatoms. The minimum atomic E-state index is -3.42. The molecule has 3 saturated heterocycles. The lowest BCUT2D eigenvalue weighted by Crippen LogP contribution is -2.44. The van der Waals surface area contributed by atoms with Gasteiger partial charge >= 0.3 is 0 Å². The largest absolute Gasteiger partial charge is 0.392 e. The lowest BCUT2D eigenvalue weighted by molar-refractivity contribution is 0.0242. The molecular formula is C21H32N2O4S. The van der Waals surface area contributed by atoms with Crippen LogP contribution in [0.4, 0.5) is 0 Å². The Morgan fingerprint density at radius 1 is 1.21 bits per heavy atom. The molecule has 0 radical (unpaired) electrons. The number of aliphatic hydroxyl groups is 1. The number of aliphatic hydroxyl groups excluding tert-OH is 1. The molecule has 1 aromatic carbocycles. The Hall–Kier alpha value is -0.990. The van der Waals surface area contributed by atoms with Crippen molar-refractivity contribution in [3.05, 3.63) is 29.8 Å². The van der Waals surface area contributed by atoms with Gasteiger partial charge in [-0.1, -0.05) is 18.2 Å². The van der Waals surface area contributed by atoms with Crippen LogP contribution in [0.2, 0.25) is 0 Å². The maximum atomic E-state index is 13.0. The predicted octanol–water partition coefficient (Wildman–Crippen LogP) is 2.01. The van der Waals surface area contributed by atoms with Gasteiger partial charge in [-0.05, 0) is 62.6 Å². The van der Waals surface area contributed by atoms with Gasteiger partial charge in [-0.3, -0.25) is 4.90 Å². The Kier molecular flexibility index (Phi) is 5.82. The number of aryl methyl sites for hydroxylation is 1. The highest BCUT2D eigenvalue weighted by molar-refractivity contribution is 7.89. The molecule has 0 aromatic heterocycles. The summed E-state index contributed by atoms with van der Waals surface area (Å²) in [5.74, 6) is 0. The number of β-amino-alcohol motifs (C(OH)–C–C–N with tert-alkyl or cyclic N) is 1. The monoisotopic (exact) mass is 408 g/mol. The standard InChI is InChI=1S/C21H32N2O4S/c1-17-5-2-3-7-20(17)28(25,26)23-11-8-21(9-12-23)13-19(27-16-21)15-22-10-4-6-18(24)14-22/h2-3,5,7,18-19,24H,4,6,8-16H2,1H3/t18-,19-/m0/s1. The molecule has 1 spiro atoms. The van der Waals surface area contributed by atoms with Crippen molar-refractivity contribution in [2.24, 2.45) is 5.41 Å². The van der Waals surface area contributed by atoms with E-state index in [0.717, 1.165) is 63.9 Å². The molecule has 0 aliphatic carbocycles. The topological polar surface area (TPSA) is 70.1 Å². The fourth-order valence-electron chi connectivity index (χ4n) is 5.03. The van der Waals surface area contributed by atoms with Crippen molar-refractivity contribution in [1.29, 1.82) is 0 Å². The number of hydrogen-bond acceptors (Lipinski definition) is 5. The van der Waals surface area contributed by atoms with Crippen molar-refractivity contribution in [1.82, 2.24) is 9.21 Å². The highest BCUT2D eigenvalue weighted by Gasteiger charge is 2.45. The van der Waals surface area contributed by atoms with E-state index < -0.39 is 10.0 Å². The van der Waals surface area contributed by atoms with Crippen LogP contribution < -0.4 is 0 Å². The van der Waals surface area contributed by atoms with Gasteiger partial charge in [0.15, 0.2) is 0 Å². The minimum absolute atomic E-state index is 0.108. The number of rotatable bonds is 4. The van der Waals surface area contributed by atoms with Crippen LogP contribution in [0.15, 0.2) is 29.2 Å². The third kappa shape index (κ3) is 4.14. The number of ether oxygens (including phenoxy) is 1. The Bertz CT molecular complexity index is 789. The summed E-state index contributed by atoms with van der Waals surface area (Å²) in [7, 11) is -3.42. The van der Waals surface area contributed by atoms with E-state index in [1.165, 1.54) is 0 Å². The van der Waals surface area contributed by atoms with Gasteiger partial charge in [0.05, 0.1) is 23.7 Å². The molecule has 2 atom stereocenters. The average molecular weight is 409 g/mol. The third-order valence-electron chi connectivity index (χ3n) is 6.72. The molecule has 3 aliphatic rings. The van der Waals surface area contributed by atoms with Crippen LogP contribution in [0, 0.1) is 12.3 Å². The minimum Gasteiger partial charge on any atom is -0.392 e. The summed E-state index contributed by atoms with van der Waals surface area (Å²) in [5, 5.41) is 9.87. The number of piperidine rings is 2. The lowest BCUT2D eigenvalue weighted by Gasteiger charge is -2.38. The van der Waals surface area contributed by atoms with Crippen LogP contribution in [-0.2, 0) is 14.8 Å². The quantitative estimate of drug-likeness (QED) is 0.825. The van der Waals surface area contributed by atoms with Gasteiger partial charge in [0.1, 0.15) is 0 Å². The van der Waals surface area contributed by atoms with E-state index in [4.69, 9.17) is 4.74 Å². The fraction of sp³-hybridized carbons (Fsp3) is 0.714. The number of likely N-dealkylation sites (tertiary alicyclic amines) is 1. The van der Waals surface area contributed by atoms with Crippen molar-refractivity contribution in [2.75, 3.05) is 39.3 Å². The number of sulfonamides is 1. The van der Waals surface area contributed by atoms with Crippen LogP contribution in [0.3, 0.4) is 0 Å². The van der Waals surface area contributed by atoms with E-state index in [0.29, 0.717) is 18.0 Å². The number of hydrogen-bond donors (Lipinski definition) is 1. The zero-order valence-corrected chi connectivity index (χ0v) is 17.5. The van der Waals surface area contributed by atoms with E-state index >= 15 is 0 Å². The SMILES string of the molecule is Cc1ccccc1S(=O)(=O)N1CCC2(CC1)CO[C@H](CN1CCC[C@H](O)C1)C2. The fourth-order valence-corrected chi connectivity index (χ4v) is 6.70. The van der Waals surface area contributed by atoms with E-state index in [1.54, 1.807) is 16.4 Å². The summed E-state index contributed by atoms with van der Waals surface area (Å²) in [6.07, 6.45) is 4.65. The van der Waals surface area contributed by atoms with Crippen molar-refractivity contribution in [3.63, 3.8) is 0 Å². The smallest absolute Gasteiger partial charge is 0.243 e. The van der Waals surface area contributed by atoms with E-state index in [2.05, 4.69) is 4.90 Å². The molecule has 28 heavy (non-hydrogen) atoms. The van der Waals surface area contributed by atoms with Gasteiger partial charge in [-0.2, -0.15) is 4.31 Å². The van der Waals surface area contributed by atoms with Crippen molar-refractivity contribution in [3.8, 4) is 0 Å². The molecule has 0 unspecified atom stereocenters. The molecule has 0 saturated carbocycles. The van der Waals surface area contributed by atoms with Crippen LogP contribution >= 0.6 is 0 Å². The van der Waals surface area contributed by atoms with E-state index in [-0.39, 0.29) is 17.6 Å². The zero-order chi connectivity index (χ0) is 19.8. The zero-order valence-electron chi connectivity index (χ0n) is 16.7. The Morgan fingerprint density at radius 2 is 1.96 bits per heavy atom. The first-order valence-corrected chi connectivity index (χ1v) is 11.9. The first-order chi connectivity index (χ1) is 13.4. The molecular weight excluding hydrogens is 376 g/mol. The molecule has 1 aromatic rings. The van der Waals surface area contributed by atoms with Crippen molar-refractivity contribution < 1.29 is 18.3 Å². The Labute approximate surface area is 168 Å². The molecule has 3 fully saturated rings. The first-order valence-electron chi connectivity index (χ1n) is 10.5. The van der Waals surface area contributed by atoms with E-state index in [1.807, 2.05) is 19.1 Å². The summed E-state index contributed by atoms with van der Waals surface area (Å²) in [6, 6.07) is 7.22. The number of nitrogens with zero attached hydrogens (tertiary/aromatic N) is 2. The van der Waals surface area contributed by atoms with Crippen LogP contribution in [0.5, 0.6) is 0 Å². The highest BCUT2D eigenvalue weighted by Crippen LogP contribution is 2.43. The lowest BCUT2D eigenvalue weighted by atomic mass is 9.77. The van der Waals surface area contributed by atoms with Crippen LogP contribution in [-0.4, -0.2) is 74.3 Å². The van der Waals surface area contributed by atoms with E-state index in [9.17, 15) is 13.5 Å². The van der Waals surface area contributed by atoms with Gasteiger partial charge < -0.3 is 9.84 Å². The molecule has 0 bridgehead atoms. The van der Waals surface area contributed by atoms with Crippen molar-refractivity contribution >= 4 is 10.0 Å². The van der Waals surface area contributed by atoms with Gasteiger partial charge in [-0.25, -0.2) is 8.42 Å². The highest BCUT2D eigenvalue weighted by atomic mass is 32.2. The second-order valence-corrected chi connectivity index (χ2v) is 10.8. The average Bonchev–Trinajstić information content (AvgIpc) is 3.04. The normalized spacial score (nSPS) is 29.4. The molecule has 3 aliphatic heterocycles. The summed E-state index contributed by atoms with van der Waals surface area (Å²) >= 11 is 0. The van der Waals surface area contributed by atoms with Gasteiger partial charge in [-0.15, -0.1) is 0 Å². The van der Waals surface area contributed by atoms with Gasteiger partial charge in [0.25, 0.3) is 0 Å². The maximum Gasteiger partial charge on any atom is 0.243 e. The Morgan fingerprint density at radius 3 is 2.68 bits per heavy atom. The molecule has 6 nitrogen and oxygen atoms in total. The summed E-state index contributed by atoms with van der Waals surface area (Å²) in [5.41, 5.74) is 0.910. The molecule has 4 rings (SSSR count). The predicted molar refractivity (Wildman–Crippen MR) is 108 cm³/mol. The van der Waals surface area contributed by atoms with Crippen molar-refractivity contribution in [2.45, 2.75) is 56.1 Å². The summed E-state index contributed by atoms with van der Waals surface area (Å²) in [4.78, 5) is 2.74. The Balaban J connectivity index is 1.34. The van der Waals surface area contributed by atoms with Gasteiger partial charge in [0, 0.05) is 26.2 Å². The molecule has 0 amide bonds. The maximum absolute atomic E-state index is 13.0. The molecule has 156 valence electrons. The first kappa shape index (κ1) is 20.3. The van der Waals surface area contributed by atoms with Crippen LogP contribution in [0.1, 0.15) is 37.7 Å². The third-order valence-corrected chi connectivity index (χ3v) is 8.78.